The zero-order chi connectivity index (χ0) is 24.2. The molecule has 33 heavy (non-hydrogen) atoms. The summed E-state index contributed by atoms with van der Waals surface area (Å²) in [5, 5.41) is 15.5. The van der Waals surface area contributed by atoms with E-state index in [4.69, 9.17) is 11.0 Å². The van der Waals surface area contributed by atoms with Gasteiger partial charge in [-0.1, -0.05) is 12.1 Å². The summed E-state index contributed by atoms with van der Waals surface area (Å²) < 4.78 is 24.9. The van der Waals surface area contributed by atoms with Crippen molar-refractivity contribution in [2.75, 3.05) is 17.6 Å². The molecule has 170 valence electrons. The van der Waals surface area contributed by atoms with E-state index in [2.05, 4.69) is 21.7 Å². The first-order valence-corrected chi connectivity index (χ1v) is 12.2. The average Bonchev–Trinajstić information content (AvgIpc) is 3.26. The number of hydrogen-bond donors (Lipinski definition) is 3. The van der Waals surface area contributed by atoms with Crippen molar-refractivity contribution >= 4 is 43.8 Å². The first kappa shape index (κ1) is 23.9. The monoisotopic (exact) mass is 483 g/mol. The molecule has 2 aromatic carbocycles. The van der Waals surface area contributed by atoms with Gasteiger partial charge in [-0.3, -0.25) is 9.59 Å². The second kappa shape index (κ2) is 9.81. The summed E-state index contributed by atoms with van der Waals surface area (Å²) >= 11 is 1.21. The number of nitrogens with zero attached hydrogens (tertiary/aromatic N) is 2. The van der Waals surface area contributed by atoms with Crippen LogP contribution in [0.3, 0.4) is 0 Å². The number of carbonyl (C=O) groups is 2. The number of carbonyl (C=O) groups excluding carboxylic acids is 2. The summed E-state index contributed by atoms with van der Waals surface area (Å²) in [6.45, 7) is 2.71. The Morgan fingerprint density at radius 3 is 2.67 bits per heavy atom. The molecule has 0 fully saturated rings. The number of amides is 2. The summed E-state index contributed by atoms with van der Waals surface area (Å²) in [6.07, 6.45) is 0. The highest BCUT2D eigenvalue weighted by Crippen LogP contribution is 2.26. The molecule has 11 heteroatoms. The summed E-state index contributed by atoms with van der Waals surface area (Å²) in [4.78, 5) is 28.9. The summed E-state index contributed by atoms with van der Waals surface area (Å²) in [6, 6.07) is 12.9. The van der Waals surface area contributed by atoms with Gasteiger partial charge in [-0.2, -0.15) is 5.26 Å². The number of rotatable bonds is 7. The van der Waals surface area contributed by atoms with Crippen LogP contribution >= 0.6 is 11.3 Å². The van der Waals surface area contributed by atoms with E-state index < -0.39 is 26.9 Å². The molecular weight excluding hydrogens is 462 g/mol. The van der Waals surface area contributed by atoms with Gasteiger partial charge in [0.15, 0.2) is 15.0 Å². The third kappa shape index (κ3) is 5.54. The van der Waals surface area contributed by atoms with E-state index >= 15 is 0 Å². The second-order valence-electron chi connectivity index (χ2n) is 7.31. The fraction of sp³-hybridized carbons (Fsp3) is 0.182. The van der Waals surface area contributed by atoms with Gasteiger partial charge in [-0.05, 0) is 44.2 Å². The van der Waals surface area contributed by atoms with Crippen molar-refractivity contribution in [3.63, 3.8) is 0 Å². The fourth-order valence-electron chi connectivity index (χ4n) is 2.81. The Labute approximate surface area is 195 Å². The number of nitrogens with two attached hydrogens (primary N) is 1. The molecule has 0 bridgehead atoms. The van der Waals surface area contributed by atoms with Crippen molar-refractivity contribution in [3.8, 4) is 17.3 Å². The van der Waals surface area contributed by atoms with Crippen molar-refractivity contribution < 1.29 is 18.0 Å². The molecule has 0 aliphatic carbocycles. The van der Waals surface area contributed by atoms with Crippen LogP contribution in [-0.4, -0.2) is 37.0 Å². The molecule has 0 unspecified atom stereocenters. The number of sulfone groups is 1. The Balaban J connectivity index is 1.63. The van der Waals surface area contributed by atoms with Crippen LogP contribution in [0, 0.1) is 11.3 Å². The average molecular weight is 484 g/mol. The lowest BCUT2D eigenvalue weighted by Gasteiger charge is -2.12. The van der Waals surface area contributed by atoms with Crippen LogP contribution in [0.1, 0.15) is 29.8 Å². The Morgan fingerprint density at radius 1 is 1.21 bits per heavy atom. The highest BCUT2D eigenvalue weighted by atomic mass is 32.2. The van der Waals surface area contributed by atoms with Gasteiger partial charge in [0, 0.05) is 16.5 Å². The number of benzene rings is 2. The maximum absolute atomic E-state index is 12.4. The molecule has 0 spiro atoms. The number of anilines is 2. The van der Waals surface area contributed by atoms with E-state index in [9.17, 15) is 18.0 Å². The zero-order valence-corrected chi connectivity index (χ0v) is 19.5. The molecule has 0 radical (unpaired) electrons. The van der Waals surface area contributed by atoms with E-state index in [1.807, 2.05) is 6.07 Å². The molecule has 1 aromatic heterocycles. The van der Waals surface area contributed by atoms with Gasteiger partial charge in [0.25, 0.3) is 5.91 Å². The molecule has 0 aliphatic rings. The molecule has 0 aliphatic heterocycles. The van der Waals surface area contributed by atoms with Crippen LogP contribution in [-0.2, 0) is 14.6 Å². The van der Waals surface area contributed by atoms with E-state index in [0.717, 1.165) is 5.56 Å². The molecule has 3 aromatic rings. The lowest BCUT2D eigenvalue weighted by Crippen LogP contribution is -2.33. The van der Waals surface area contributed by atoms with Crippen LogP contribution in [0.25, 0.3) is 11.3 Å². The van der Waals surface area contributed by atoms with Crippen molar-refractivity contribution in [3.05, 3.63) is 59.0 Å². The Hall–Kier alpha value is -3.75. The minimum absolute atomic E-state index is 0.0536. The first-order chi connectivity index (χ1) is 15.6. The summed E-state index contributed by atoms with van der Waals surface area (Å²) in [7, 11) is -3.67. The molecule has 1 heterocycles. The van der Waals surface area contributed by atoms with Crippen LogP contribution in [0.15, 0.2) is 52.7 Å². The van der Waals surface area contributed by atoms with E-state index in [1.165, 1.54) is 43.4 Å². The number of aromatic nitrogens is 1. The Bertz CT molecular complexity index is 1360. The number of nitriles is 1. The number of nitrogen functional groups attached to an aromatic ring is 1. The third-order valence-corrected chi connectivity index (χ3v) is 7.62. The first-order valence-electron chi connectivity index (χ1n) is 9.79. The number of thiazole rings is 1. The van der Waals surface area contributed by atoms with Gasteiger partial charge in [0.2, 0.25) is 5.91 Å². The quantitative estimate of drug-likeness (QED) is 0.436. The standard InChI is InChI=1S/C22H21N5O4S2/c1-13(2)33(30,31)19-9-16(6-7-17(19)24)21(29)25-11-20(28)27-22-26-18(12-32-22)15-5-3-4-14(8-15)10-23/h3-9,12-13H,11,24H2,1-2H3,(H,25,29)(H,26,27,28). The van der Waals surface area contributed by atoms with Crippen molar-refractivity contribution in [1.29, 1.82) is 5.26 Å². The van der Waals surface area contributed by atoms with Gasteiger partial charge in [0.1, 0.15) is 0 Å². The fourth-order valence-corrected chi connectivity index (χ4v) is 4.75. The number of nitrogens with one attached hydrogen (secondary N) is 2. The van der Waals surface area contributed by atoms with Crippen LogP contribution < -0.4 is 16.4 Å². The second-order valence-corrected chi connectivity index (χ2v) is 10.6. The largest absolute Gasteiger partial charge is 0.398 e. The van der Waals surface area contributed by atoms with Crippen LogP contribution in [0.5, 0.6) is 0 Å². The lowest BCUT2D eigenvalue weighted by molar-refractivity contribution is -0.115. The minimum atomic E-state index is -3.67. The zero-order valence-electron chi connectivity index (χ0n) is 17.8. The van der Waals surface area contributed by atoms with E-state index in [0.29, 0.717) is 16.4 Å². The molecule has 9 nitrogen and oxygen atoms in total. The highest BCUT2D eigenvalue weighted by Gasteiger charge is 2.23. The molecule has 3 rings (SSSR count). The Morgan fingerprint density at radius 2 is 1.97 bits per heavy atom. The number of hydrogen-bond acceptors (Lipinski definition) is 8. The predicted molar refractivity (Wildman–Crippen MR) is 126 cm³/mol. The van der Waals surface area contributed by atoms with E-state index in [-0.39, 0.29) is 22.7 Å². The lowest BCUT2D eigenvalue weighted by atomic mass is 10.1. The van der Waals surface area contributed by atoms with Crippen molar-refractivity contribution in [1.82, 2.24) is 10.3 Å². The predicted octanol–water partition coefficient (Wildman–Crippen LogP) is 2.81. The van der Waals surface area contributed by atoms with Gasteiger partial charge in [-0.15, -0.1) is 11.3 Å². The molecule has 0 atom stereocenters. The van der Waals surface area contributed by atoms with Gasteiger partial charge >= 0.3 is 0 Å². The topological polar surface area (TPSA) is 155 Å². The van der Waals surface area contributed by atoms with Crippen LogP contribution in [0.2, 0.25) is 0 Å². The molecule has 0 saturated heterocycles. The SMILES string of the molecule is CC(C)S(=O)(=O)c1cc(C(=O)NCC(=O)Nc2nc(-c3cccc(C#N)c3)cs2)ccc1N. The van der Waals surface area contributed by atoms with Crippen LogP contribution in [0.4, 0.5) is 10.8 Å². The van der Waals surface area contributed by atoms with E-state index in [1.54, 1.807) is 23.6 Å². The molecule has 0 saturated carbocycles. The molecular formula is C22H21N5O4S2. The third-order valence-electron chi connectivity index (χ3n) is 4.65. The normalized spacial score (nSPS) is 11.1. The Kier molecular flexibility index (Phi) is 7.10. The minimum Gasteiger partial charge on any atom is -0.398 e. The van der Waals surface area contributed by atoms with Gasteiger partial charge in [-0.25, -0.2) is 13.4 Å². The van der Waals surface area contributed by atoms with Gasteiger partial charge < -0.3 is 16.4 Å². The molecule has 4 N–H and O–H groups in total. The van der Waals surface area contributed by atoms with Crippen molar-refractivity contribution in [2.45, 2.75) is 24.0 Å². The smallest absolute Gasteiger partial charge is 0.251 e. The van der Waals surface area contributed by atoms with Gasteiger partial charge in [0.05, 0.1) is 39.7 Å². The molecule has 2 amide bonds. The summed E-state index contributed by atoms with van der Waals surface area (Å²) in [5.41, 5.74) is 7.77. The van der Waals surface area contributed by atoms with Crippen molar-refractivity contribution in [2.24, 2.45) is 0 Å². The maximum Gasteiger partial charge on any atom is 0.251 e. The highest BCUT2D eigenvalue weighted by molar-refractivity contribution is 7.92. The maximum atomic E-state index is 12.4. The summed E-state index contributed by atoms with van der Waals surface area (Å²) in [5.74, 6) is -1.11.